The van der Waals surface area contributed by atoms with Crippen molar-refractivity contribution < 1.29 is 0 Å². The van der Waals surface area contributed by atoms with Gasteiger partial charge in [0.05, 0.1) is 0 Å². The molecule has 2 fully saturated rings. The van der Waals surface area contributed by atoms with Crippen molar-refractivity contribution in [2.45, 2.75) is 58.8 Å². The van der Waals surface area contributed by atoms with Crippen molar-refractivity contribution in [1.29, 1.82) is 0 Å². The molecule has 2 rings (SSSR count). The van der Waals surface area contributed by atoms with E-state index in [1.807, 2.05) is 0 Å². The third-order valence-corrected chi connectivity index (χ3v) is 6.39. The Morgan fingerprint density at radius 2 is 1.61 bits per heavy atom. The number of likely N-dealkylation sites (tertiary alicyclic amines) is 1. The molecule has 2 heteroatoms. The third kappa shape index (κ3) is 3.30. The summed E-state index contributed by atoms with van der Waals surface area (Å²) >= 11 is 3.82. The minimum atomic E-state index is 0.544. The summed E-state index contributed by atoms with van der Waals surface area (Å²) in [5, 5.41) is 1.19. The molecule has 2 unspecified atom stereocenters. The van der Waals surface area contributed by atoms with E-state index in [2.05, 4.69) is 34.7 Å². The molecule has 0 aromatic rings. The van der Waals surface area contributed by atoms with Gasteiger partial charge in [-0.2, -0.15) is 0 Å². The summed E-state index contributed by atoms with van der Waals surface area (Å²) < 4.78 is 0. The van der Waals surface area contributed by atoms with Gasteiger partial charge in [-0.05, 0) is 42.9 Å². The number of alkyl halides is 1. The van der Waals surface area contributed by atoms with Gasteiger partial charge in [-0.25, -0.2) is 0 Å². The Kier molecular flexibility index (Phi) is 5.56. The van der Waals surface area contributed by atoms with E-state index in [0.29, 0.717) is 5.41 Å². The van der Waals surface area contributed by atoms with Crippen LogP contribution in [0.3, 0.4) is 0 Å². The number of hydrogen-bond donors (Lipinski definition) is 0. The molecule has 2 atom stereocenters. The fourth-order valence-electron chi connectivity index (χ4n) is 4.46. The lowest BCUT2D eigenvalue weighted by molar-refractivity contribution is 0.162. The van der Waals surface area contributed by atoms with Gasteiger partial charge in [-0.1, -0.05) is 49.0 Å². The van der Waals surface area contributed by atoms with Gasteiger partial charge in [0.25, 0.3) is 0 Å². The first-order valence-electron chi connectivity index (χ1n) is 8.01. The van der Waals surface area contributed by atoms with Crippen LogP contribution in [0, 0.1) is 17.3 Å². The maximum absolute atomic E-state index is 3.82. The summed E-state index contributed by atoms with van der Waals surface area (Å²) in [4.78, 5) is 2.79. The smallest absolute Gasteiger partial charge is 0.0100 e. The van der Waals surface area contributed by atoms with Crippen LogP contribution < -0.4 is 0 Å². The zero-order chi connectivity index (χ0) is 13.0. The Labute approximate surface area is 122 Å². The summed E-state index contributed by atoms with van der Waals surface area (Å²) in [5.74, 6) is 2.09. The Balaban J connectivity index is 1.92. The number of fused-ring (bicyclic) bond motifs is 1. The van der Waals surface area contributed by atoms with E-state index in [-0.39, 0.29) is 0 Å². The quantitative estimate of drug-likeness (QED) is 0.615. The number of halogens is 1. The molecule has 106 valence electrons. The van der Waals surface area contributed by atoms with Gasteiger partial charge in [0.15, 0.2) is 0 Å². The van der Waals surface area contributed by atoms with Crippen LogP contribution in [0.15, 0.2) is 0 Å². The molecule has 0 N–H and O–H groups in total. The zero-order valence-corrected chi connectivity index (χ0v) is 13.8. The topological polar surface area (TPSA) is 3.24 Å². The van der Waals surface area contributed by atoms with Crippen LogP contribution in [0.4, 0.5) is 0 Å². The predicted octanol–water partition coefficient (Wildman–Crippen LogP) is 4.70. The SMILES string of the molecule is CCCC(CBr)(CCC)CN1CC2CCCC2C1. The first-order valence-corrected chi connectivity index (χ1v) is 9.13. The maximum Gasteiger partial charge on any atom is 0.0100 e. The average molecular weight is 316 g/mol. The van der Waals surface area contributed by atoms with E-state index in [0.717, 1.165) is 11.8 Å². The Hall–Kier alpha value is 0.440. The molecule has 0 spiro atoms. The lowest BCUT2D eigenvalue weighted by Crippen LogP contribution is -2.38. The molecule has 1 aliphatic carbocycles. The van der Waals surface area contributed by atoms with E-state index in [1.165, 1.54) is 69.9 Å². The van der Waals surface area contributed by atoms with E-state index in [9.17, 15) is 0 Å². The largest absolute Gasteiger partial charge is 0.302 e. The molecule has 1 nitrogen and oxygen atoms in total. The second-order valence-electron chi connectivity index (χ2n) is 6.78. The van der Waals surface area contributed by atoms with E-state index < -0.39 is 0 Å². The van der Waals surface area contributed by atoms with Gasteiger partial charge in [0, 0.05) is 25.0 Å². The highest BCUT2D eigenvalue weighted by Crippen LogP contribution is 2.40. The molecule has 1 saturated heterocycles. The molecule has 1 aliphatic heterocycles. The highest BCUT2D eigenvalue weighted by molar-refractivity contribution is 9.09. The minimum Gasteiger partial charge on any atom is -0.302 e. The first-order chi connectivity index (χ1) is 8.73. The molecule has 2 aliphatic rings. The zero-order valence-electron chi connectivity index (χ0n) is 12.3. The molecule has 0 radical (unpaired) electrons. The first kappa shape index (κ1) is 14.8. The number of nitrogens with zero attached hydrogens (tertiary/aromatic N) is 1. The summed E-state index contributed by atoms with van der Waals surface area (Å²) in [6, 6.07) is 0. The fourth-order valence-corrected chi connectivity index (χ4v) is 5.19. The summed E-state index contributed by atoms with van der Waals surface area (Å²) in [5.41, 5.74) is 0.544. The monoisotopic (exact) mass is 315 g/mol. The van der Waals surface area contributed by atoms with Gasteiger partial charge < -0.3 is 4.90 Å². The van der Waals surface area contributed by atoms with Crippen LogP contribution in [0.5, 0.6) is 0 Å². The van der Waals surface area contributed by atoms with Crippen molar-refractivity contribution in [1.82, 2.24) is 4.90 Å². The molecule has 18 heavy (non-hydrogen) atoms. The second-order valence-corrected chi connectivity index (χ2v) is 7.34. The van der Waals surface area contributed by atoms with Crippen molar-refractivity contribution >= 4 is 15.9 Å². The molecular formula is C16H30BrN. The maximum atomic E-state index is 3.82. The summed E-state index contributed by atoms with van der Waals surface area (Å²) in [7, 11) is 0. The third-order valence-electron chi connectivity index (χ3n) is 5.21. The van der Waals surface area contributed by atoms with Crippen LogP contribution >= 0.6 is 15.9 Å². The summed E-state index contributed by atoms with van der Waals surface area (Å²) in [6.07, 6.45) is 9.93. The normalized spacial score (nSPS) is 28.8. The van der Waals surface area contributed by atoms with Gasteiger partial charge in [0.2, 0.25) is 0 Å². The Morgan fingerprint density at radius 1 is 1.06 bits per heavy atom. The lowest BCUT2D eigenvalue weighted by Gasteiger charge is -2.36. The van der Waals surface area contributed by atoms with E-state index in [4.69, 9.17) is 0 Å². The van der Waals surface area contributed by atoms with E-state index in [1.54, 1.807) is 0 Å². The highest BCUT2D eigenvalue weighted by Gasteiger charge is 2.39. The Morgan fingerprint density at radius 3 is 2.06 bits per heavy atom. The highest BCUT2D eigenvalue weighted by atomic mass is 79.9. The summed E-state index contributed by atoms with van der Waals surface area (Å²) in [6.45, 7) is 8.81. The standard InChI is InChI=1S/C16H30BrN/c1-3-8-16(12-17,9-4-2)13-18-10-14-6-5-7-15(14)11-18/h14-15H,3-13H2,1-2H3. The number of hydrogen-bond acceptors (Lipinski definition) is 1. The van der Waals surface area contributed by atoms with E-state index >= 15 is 0 Å². The molecular weight excluding hydrogens is 286 g/mol. The van der Waals surface area contributed by atoms with Crippen molar-refractivity contribution in [3.8, 4) is 0 Å². The Bertz CT molecular complexity index is 235. The average Bonchev–Trinajstić information content (AvgIpc) is 2.90. The molecule has 0 aromatic carbocycles. The molecule has 1 saturated carbocycles. The van der Waals surface area contributed by atoms with Crippen LogP contribution in [0.25, 0.3) is 0 Å². The van der Waals surface area contributed by atoms with Gasteiger partial charge in [-0.3, -0.25) is 0 Å². The predicted molar refractivity (Wildman–Crippen MR) is 83.3 cm³/mol. The lowest BCUT2D eigenvalue weighted by atomic mass is 9.80. The van der Waals surface area contributed by atoms with Crippen molar-refractivity contribution in [2.75, 3.05) is 25.0 Å². The van der Waals surface area contributed by atoms with Crippen LogP contribution in [0.1, 0.15) is 58.8 Å². The van der Waals surface area contributed by atoms with Crippen LogP contribution in [0.2, 0.25) is 0 Å². The second kappa shape index (κ2) is 6.74. The van der Waals surface area contributed by atoms with Gasteiger partial charge >= 0.3 is 0 Å². The van der Waals surface area contributed by atoms with Gasteiger partial charge in [0.1, 0.15) is 0 Å². The van der Waals surface area contributed by atoms with Crippen molar-refractivity contribution in [3.05, 3.63) is 0 Å². The fraction of sp³-hybridized carbons (Fsp3) is 1.00. The molecule has 1 heterocycles. The number of rotatable bonds is 7. The molecule has 0 aromatic heterocycles. The van der Waals surface area contributed by atoms with Crippen molar-refractivity contribution in [3.63, 3.8) is 0 Å². The molecule has 0 bridgehead atoms. The minimum absolute atomic E-state index is 0.544. The molecule has 0 amide bonds. The van der Waals surface area contributed by atoms with Crippen LogP contribution in [-0.2, 0) is 0 Å². The van der Waals surface area contributed by atoms with Crippen molar-refractivity contribution in [2.24, 2.45) is 17.3 Å². The van der Waals surface area contributed by atoms with Crippen LogP contribution in [-0.4, -0.2) is 29.9 Å². The van der Waals surface area contributed by atoms with Gasteiger partial charge in [-0.15, -0.1) is 0 Å².